The summed E-state index contributed by atoms with van der Waals surface area (Å²) in [5.41, 5.74) is 9.42. The highest BCUT2D eigenvalue weighted by Crippen LogP contribution is 2.44. The van der Waals surface area contributed by atoms with Gasteiger partial charge in [-0.1, -0.05) is 19.1 Å². The lowest BCUT2D eigenvalue weighted by Crippen LogP contribution is -2.13. The second kappa shape index (κ2) is 4.06. The van der Waals surface area contributed by atoms with Crippen LogP contribution in [0, 0.1) is 12.3 Å². The van der Waals surface area contributed by atoms with E-state index in [2.05, 4.69) is 18.3 Å². The molecule has 0 unspecified atom stereocenters. The van der Waals surface area contributed by atoms with Gasteiger partial charge in [-0.25, -0.2) is 0 Å². The number of hydrogen-bond acceptors (Lipinski definition) is 2. The lowest BCUT2D eigenvalue weighted by atomic mass is 10.1. The Morgan fingerprint density at radius 3 is 2.69 bits per heavy atom. The summed E-state index contributed by atoms with van der Waals surface area (Å²) in [7, 11) is 0. The Kier molecular flexibility index (Phi) is 2.89. The third-order valence-electron chi connectivity index (χ3n) is 3.31. The van der Waals surface area contributed by atoms with Crippen LogP contribution in [0.3, 0.4) is 0 Å². The summed E-state index contributed by atoms with van der Waals surface area (Å²) >= 11 is 4.98. The molecule has 2 nitrogen and oxygen atoms in total. The minimum Gasteiger partial charge on any atom is -0.389 e. The van der Waals surface area contributed by atoms with E-state index in [1.165, 1.54) is 12.8 Å². The van der Waals surface area contributed by atoms with Gasteiger partial charge in [-0.05, 0) is 48.9 Å². The van der Waals surface area contributed by atoms with Crippen molar-refractivity contribution in [3.8, 4) is 0 Å². The van der Waals surface area contributed by atoms with Crippen LogP contribution >= 0.6 is 12.2 Å². The fraction of sp³-hybridized carbons (Fsp3) is 0.462. The maximum atomic E-state index is 5.63. The van der Waals surface area contributed by atoms with Crippen molar-refractivity contribution in [3.05, 3.63) is 29.3 Å². The molecule has 16 heavy (non-hydrogen) atoms. The SMILES string of the molecule is Cc1cc(NCC2(C)CC2)ccc1C(N)=S. The number of anilines is 1. The van der Waals surface area contributed by atoms with Crippen LogP contribution in [0.25, 0.3) is 0 Å². The predicted octanol–water partition coefficient (Wildman–Crippen LogP) is 2.84. The van der Waals surface area contributed by atoms with Crippen LogP contribution in [0.5, 0.6) is 0 Å². The van der Waals surface area contributed by atoms with Crippen molar-refractivity contribution in [1.29, 1.82) is 0 Å². The first-order valence-corrected chi connectivity index (χ1v) is 6.05. The molecule has 2 rings (SSSR count). The van der Waals surface area contributed by atoms with E-state index < -0.39 is 0 Å². The van der Waals surface area contributed by atoms with E-state index in [1.54, 1.807) is 0 Å². The van der Waals surface area contributed by atoms with Gasteiger partial charge in [0.25, 0.3) is 0 Å². The highest BCUT2D eigenvalue weighted by atomic mass is 32.1. The standard InChI is InChI=1S/C13H18N2S/c1-9-7-10(3-4-11(9)12(14)16)15-8-13(2)5-6-13/h3-4,7,15H,5-6,8H2,1-2H3,(H2,14,16). The van der Waals surface area contributed by atoms with Crippen molar-refractivity contribution in [2.24, 2.45) is 11.1 Å². The maximum absolute atomic E-state index is 5.63. The van der Waals surface area contributed by atoms with E-state index in [4.69, 9.17) is 18.0 Å². The second-order valence-corrected chi connectivity index (χ2v) is 5.50. The number of rotatable bonds is 4. The van der Waals surface area contributed by atoms with Crippen LogP contribution < -0.4 is 11.1 Å². The molecule has 3 heteroatoms. The molecule has 0 heterocycles. The van der Waals surface area contributed by atoms with E-state index in [0.717, 1.165) is 23.4 Å². The summed E-state index contributed by atoms with van der Waals surface area (Å²) in [5, 5.41) is 3.47. The van der Waals surface area contributed by atoms with E-state index in [1.807, 2.05) is 19.1 Å². The van der Waals surface area contributed by atoms with Crippen LogP contribution in [0.1, 0.15) is 30.9 Å². The van der Waals surface area contributed by atoms with Gasteiger partial charge >= 0.3 is 0 Å². The molecule has 0 bridgehead atoms. The summed E-state index contributed by atoms with van der Waals surface area (Å²) < 4.78 is 0. The first-order chi connectivity index (χ1) is 7.50. The molecule has 1 aromatic rings. The molecule has 0 saturated heterocycles. The molecule has 1 aromatic carbocycles. The van der Waals surface area contributed by atoms with Crippen LogP contribution in [0.2, 0.25) is 0 Å². The van der Waals surface area contributed by atoms with Gasteiger partial charge in [0.2, 0.25) is 0 Å². The highest BCUT2D eigenvalue weighted by Gasteiger charge is 2.36. The molecule has 0 aliphatic heterocycles. The minimum absolute atomic E-state index is 0.471. The number of hydrogen-bond donors (Lipinski definition) is 2. The highest BCUT2D eigenvalue weighted by molar-refractivity contribution is 7.80. The van der Waals surface area contributed by atoms with Gasteiger partial charge in [0.05, 0.1) is 0 Å². The molecule has 0 radical (unpaired) electrons. The predicted molar refractivity (Wildman–Crippen MR) is 72.9 cm³/mol. The molecule has 1 aliphatic rings. The lowest BCUT2D eigenvalue weighted by Gasteiger charge is -2.13. The maximum Gasteiger partial charge on any atom is 0.104 e. The normalized spacial score (nSPS) is 16.9. The zero-order valence-electron chi connectivity index (χ0n) is 9.84. The fourth-order valence-corrected chi connectivity index (χ4v) is 1.98. The van der Waals surface area contributed by atoms with Gasteiger partial charge < -0.3 is 11.1 Å². The Bertz CT molecular complexity index is 422. The lowest BCUT2D eigenvalue weighted by molar-refractivity contribution is 0.611. The summed E-state index contributed by atoms with van der Waals surface area (Å²) in [6, 6.07) is 6.16. The number of nitrogens with two attached hydrogens (primary N) is 1. The molecule has 3 N–H and O–H groups in total. The largest absolute Gasteiger partial charge is 0.389 e. The fourth-order valence-electron chi connectivity index (χ4n) is 1.76. The number of thiocarbonyl (C=S) groups is 1. The van der Waals surface area contributed by atoms with E-state index in [0.29, 0.717) is 10.4 Å². The molecular weight excluding hydrogens is 216 g/mol. The molecule has 86 valence electrons. The first-order valence-electron chi connectivity index (χ1n) is 5.65. The minimum atomic E-state index is 0.471. The van der Waals surface area contributed by atoms with Gasteiger partial charge in [0.1, 0.15) is 4.99 Å². The Balaban J connectivity index is 2.05. The summed E-state index contributed by atoms with van der Waals surface area (Å²) in [6.07, 6.45) is 2.67. The number of benzene rings is 1. The third-order valence-corrected chi connectivity index (χ3v) is 3.53. The van der Waals surface area contributed by atoms with E-state index in [9.17, 15) is 0 Å². The monoisotopic (exact) mass is 234 g/mol. The van der Waals surface area contributed by atoms with Crippen LogP contribution in [0.15, 0.2) is 18.2 Å². The van der Waals surface area contributed by atoms with Gasteiger partial charge in [-0.15, -0.1) is 0 Å². The Morgan fingerprint density at radius 2 is 2.19 bits per heavy atom. The topological polar surface area (TPSA) is 38.0 Å². The van der Waals surface area contributed by atoms with Gasteiger partial charge in [-0.2, -0.15) is 0 Å². The molecule has 1 fully saturated rings. The molecule has 0 aromatic heterocycles. The number of nitrogens with one attached hydrogen (secondary N) is 1. The zero-order valence-corrected chi connectivity index (χ0v) is 10.7. The van der Waals surface area contributed by atoms with Gasteiger partial charge in [0.15, 0.2) is 0 Å². The average Bonchev–Trinajstić information content (AvgIpc) is 2.94. The molecular formula is C13H18N2S. The average molecular weight is 234 g/mol. The molecule has 1 aliphatic carbocycles. The Hall–Kier alpha value is -1.09. The smallest absolute Gasteiger partial charge is 0.104 e. The Labute approximate surface area is 102 Å². The number of aryl methyl sites for hydroxylation is 1. The van der Waals surface area contributed by atoms with Crippen molar-refractivity contribution in [2.75, 3.05) is 11.9 Å². The third kappa shape index (κ3) is 2.53. The van der Waals surface area contributed by atoms with Crippen molar-refractivity contribution < 1.29 is 0 Å². The Morgan fingerprint density at radius 1 is 1.50 bits per heavy atom. The molecule has 0 amide bonds. The molecule has 0 atom stereocenters. The molecule has 1 saturated carbocycles. The van der Waals surface area contributed by atoms with E-state index >= 15 is 0 Å². The first kappa shape index (κ1) is 11.4. The zero-order chi connectivity index (χ0) is 11.8. The van der Waals surface area contributed by atoms with Gasteiger partial charge in [-0.3, -0.25) is 0 Å². The second-order valence-electron chi connectivity index (χ2n) is 5.06. The quantitative estimate of drug-likeness (QED) is 0.787. The molecule has 0 spiro atoms. The van der Waals surface area contributed by atoms with E-state index in [-0.39, 0.29) is 0 Å². The van der Waals surface area contributed by atoms with Crippen LogP contribution in [-0.2, 0) is 0 Å². The van der Waals surface area contributed by atoms with Crippen molar-refractivity contribution >= 4 is 22.9 Å². The van der Waals surface area contributed by atoms with Crippen LogP contribution in [0.4, 0.5) is 5.69 Å². The summed E-state index contributed by atoms with van der Waals surface area (Å²) in [5.74, 6) is 0. The summed E-state index contributed by atoms with van der Waals surface area (Å²) in [4.78, 5) is 0.471. The van der Waals surface area contributed by atoms with Crippen molar-refractivity contribution in [1.82, 2.24) is 0 Å². The summed E-state index contributed by atoms with van der Waals surface area (Å²) in [6.45, 7) is 5.41. The van der Waals surface area contributed by atoms with Crippen molar-refractivity contribution in [3.63, 3.8) is 0 Å². The van der Waals surface area contributed by atoms with Gasteiger partial charge in [0, 0.05) is 17.8 Å². The van der Waals surface area contributed by atoms with Crippen LogP contribution in [-0.4, -0.2) is 11.5 Å². The van der Waals surface area contributed by atoms with Crippen molar-refractivity contribution in [2.45, 2.75) is 26.7 Å².